The zero-order chi connectivity index (χ0) is 19.7. The van der Waals surface area contributed by atoms with Crippen LogP contribution in [-0.2, 0) is 0 Å². The maximum Gasteiger partial charge on any atom is 0.112 e. The van der Waals surface area contributed by atoms with E-state index in [1.165, 1.54) is 32.6 Å². The quantitative estimate of drug-likeness (QED) is 0.423. The fraction of sp³-hybridized carbons (Fsp3) is 0.154. The van der Waals surface area contributed by atoms with E-state index in [-0.39, 0.29) is 17.0 Å². The minimum absolute atomic E-state index is 0. The molecule has 0 bridgehead atoms. The highest BCUT2D eigenvalue weighted by molar-refractivity contribution is 7.95. The highest BCUT2D eigenvalue weighted by Crippen LogP contribution is 2.54. The van der Waals surface area contributed by atoms with Crippen LogP contribution in [0.4, 0.5) is 0 Å². The fourth-order valence-electron chi connectivity index (χ4n) is 4.14. The highest BCUT2D eigenvalue weighted by Gasteiger charge is 2.42. The van der Waals surface area contributed by atoms with Crippen molar-refractivity contribution in [2.24, 2.45) is 0 Å². The van der Waals surface area contributed by atoms with Crippen molar-refractivity contribution >= 4 is 23.2 Å². The molecule has 1 nitrogen and oxygen atoms in total. The Morgan fingerprint density at radius 1 is 0.621 bits per heavy atom. The Bertz CT molecular complexity index is 1060. The molecule has 29 heavy (non-hydrogen) atoms. The van der Waals surface area contributed by atoms with E-state index in [4.69, 9.17) is 4.42 Å². The van der Waals surface area contributed by atoms with Crippen molar-refractivity contribution in [3.05, 3.63) is 102 Å². The molecule has 0 saturated carbocycles. The van der Waals surface area contributed by atoms with Crippen molar-refractivity contribution in [2.45, 2.75) is 20.8 Å². The summed E-state index contributed by atoms with van der Waals surface area (Å²) in [4.78, 5) is 0. The van der Waals surface area contributed by atoms with E-state index in [9.17, 15) is 0 Å². The first-order valence-corrected chi connectivity index (χ1v) is 11.9. The summed E-state index contributed by atoms with van der Waals surface area (Å²) < 4.78 is 5.99. The number of furan rings is 1. The van der Waals surface area contributed by atoms with Gasteiger partial charge in [-0.05, 0) is 56.7 Å². The minimum atomic E-state index is -1.80. The Kier molecular flexibility index (Phi) is 6.46. The summed E-state index contributed by atoms with van der Waals surface area (Å²) in [5.41, 5.74) is 3.77. The summed E-state index contributed by atoms with van der Waals surface area (Å²) in [5.74, 6) is 2.00. The van der Waals surface area contributed by atoms with Gasteiger partial charge in [0.1, 0.15) is 34.7 Å². The van der Waals surface area contributed by atoms with Gasteiger partial charge in [-0.3, -0.25) is 0 Å². The third kappa shape index (κ3) is 3.72. The molecule has 0 amide bonds. The molecule has 3 aromatic carbocycles. The van der Waals surface area contributed by atoms with Crippen molar-refractivity contribution in [3.63, 3.8) is 0 Å². The van der Waals surface area contributed by atoms with Crippen molar-refractivity contribution in [1.82, 2.24) is 0 Å². The lowest BCUT2D eigenvalue weighted by molar-refractivity contribution is -0.00000635. The van der Waals surface area contributed by atoms with E-state index in [0.717, 1.165) is 11.5 Å². The first-order chi connectivity index (χ1) is 13.5. The normalized spacial score (nSPS) is 11.2. The summed E-state index contributed by atoms with van der Waals surface area (Å²) in [7, 11) is -1.80. The third-order valence-electron chi connectivity index (χ3n) is 5.76. The Labute approximate surface area is 184 Å². The van der Waals surface area contributed by atoms with Gasteiger partial charge in [0.2, 0.25) is 0 Å². The molecule has 0 spiro atoms. The largest absolute Gasteiger partial charge is 1.00 e. The summed E-state index contributed by atoms with van der Waals surface area (Å²) >= 11 is 0. The lowest BCUT2D eigenvalue weighted by Gasteiger charge is -2.25. The van der Waals surface area contributed by atoms with Gasteiger partial charge in [0, 0.05) is 11.1 Å². The van der Waals surface area contributed by atoms with Gasteiger partial charge in [-0.1, -0.05) is 54.6 Å². The monoisotopic (exact) mass is 464 g/mol. The first kappa shape index (κ1) is 21.6. The third-order valence-corrected chi connectivity index (χ3v) is 9.78. The molecule has 1 aromatic heterocycles. The van der Waals surface area contributed by atoms with E-state index < -0.39 is 7.26 Å². The topological polar surface area (TPSA) is 13.1 Å². The Hall–Kier alpha value is -2.15. The number of benzene rings is 3. The molecule has 0 atom stereocenters. The van der Waals surface area contributed by atoms with Crippen molar-refractivity contribution < 1.29 is 21.4 Å². The van der Waals surface area contributed by atoms with Gasteiger partial charge in [0.25, 0.3) is 0 Å². The van der Waals surface area contributed by atoms with Crippen LogP contribution in [-0.4, -0.2) is 6.66 Å². The van der Waals surface area contributed by atoms with Gasteiger partial charge in [-0.15, -0.1) is 0 Å². The molecule has 3 heteroatoms. The van der Waals surface area contributed by atoms with Crippen molar-refractivity contribution in [3.8, 4) is 11.1 Å². The summed E-state index contributed by atoms with van der Waals surface area (Å²) in [6, 6.07) is 30.8. The van der Waals surface area contributed by atoms with Crippen LogP contribution in [0.25, 0.3) is 11.1 Å². The van der Waals surface area contributed by atoms with E-state index in [0.29, 0.717) is 0 Å². The average Bonchev–Trinajstić information content (AvgIpc) is 3.00. The fourth-order valence-corrected chi connectivity index (χ4v) is 7.59. The van der Waals surface area contributed by atoms with Crippen LogP contribution in [0.5, 0.6) is 0 Å². The molecule has 0 fully saturated rings. The lowest BCUT2D eigenvalue weighted by Crippen LogP contribution is -3.00. The van der Waals surface area contributed by atoms with Crippen LogP contribution in [0.3, 0.4) is 0 Å². The predicted molar refractivity (Wildman–Crippen MR) is 123 cm³/mol. The molecule has 0 aliphatic rings. The molecule has 0 unspecified atom stereocenters. The van der Waals surface area contributed by atoms with Gasteiger partial charge in [-0.2, -0.15) is 0 Å². The highest BCUT2D eigenvalue weighted by atomic mass is 79.9. The van der Waals surface area contributed by atoms with Crippen molar-refractivity contribution in [1.29, 1.82) is 0 Å². The maximum absolute atomic E-state index is 5.99. The number of hydrogen-bond donors (Lipinski definition) is 0. The molecule has 4 rings (SSSR count). The van der Waals surface area contributed by atoms with Gasteiger partial charge < -0.3 is 21.4 Å². The standard InChI is InChI=1S/C26H26OP.BrH/c1-19-20(2)27-21(3)26(19)24-17-11-12-18-25(24)28(4,22-13-7-5-8-14-22)23-15-9-6-10-16-23;/h5-18H,1-4H3;1H/q+1;/p-1. The Balaban J connectivity index is 0.00000240. The van der Waals surface area contributed by atoms with Crippen molar-refractivity contribution in [2.75, 3.05) is 6.66 Å². The first-order valence-electron chi connectivity index (χ1n) is 9.67. The minimum Gasteiger partial charge on any atom is -1.00 e. The Morgan fingerprint density at radius 3 is 1.59 bits per heavy atom. The molecular formula is C26H26BrOP. The van der Waals surface area contributed by atoms with Crippen LogP contribution in [0.2, 0.25) is 0 Å². The van der Waals surface area contributed by atoms with Crippen LogP contribution < -0.4 is 32.9 Å². The molecule has 4 aromatic rings. The molecule has 0 N–H and O–H groups in total. The second-order valence-electron chi connectivity index (χ2n) is 7.41. The van der Waals surface area contributed by atoms with Gasteiger partial charge in [0.05, 0.1) is 6.66 Å². The zero-order valence-electron chi connectivity index (χ0n) is 17.3. The molecular weight excluding hydrogens is 439 g/mol. The van der Waals surface area contributed by atoms with Crippen LogP contribution in [0.1, 0.15) is 17.1 Å². The summed E-state index contributed by atoms with van der Waals surface area (Å²) in [6.07, 6.45) is 0. The zero-order valence-corrected chi connectivity index (χ0v) is 19.8. The van der Waals surface area contributed by atoms with Gasteiger partial charge >= 0.3 is 0 Å². The second kappa shape index (κ2) is 8.69. The second-order valence-corrected chi connectivity index (χ2v) is 10.9. The van der Waals surface area contributed by atoms with E-state index in [2.05, 4.69) is 112 Å². The average molecular weight is 465 g/mol. The smallest absolute Gasteiger partial charge is 0.112 e. The number of halogens is 1. The van der Waals surface area contributed by atoms with E-state index in [1.54, 1.807) is 0 Å². The van der Waals surface area contributed by atoms with Crippen LogP contribution in [0, 0.1) is 20.8 Å². The molecule has 0 aliphatic carbocycles. The molecule has 0 radical (unpaired) electrons. The lowest BCUT2D eigenvalue weighted by atomic mass is 10.0. The predicted octanol–water partition coefficient (Wildman–Crippen LogP) is 2.80. The number of rotatable bonds is 4. The van der Waals surface area contributed by atoms with Crippen LogP contribution >= 0.6 is 7.26 Å². The molecule has 0 aliphatic heterocycles. The van der Waals surface area contributed by atoms with Gasteiger partial charge in [-0.25, -0.2) is 0 Å². The maximum atomic E-state index is 5.99. The van der Waals surface area contributed by atoms with E-state index in [1.807, 2.05) is 0 Å². The molecule has 0 saturated heterocycles. The number of aryl methyl sites for hydroxylation is 2. The SMILES string of the molecule is Cc1oc(C)c(-c2ccccc2[P+](C)(c2ccccc2)c2ccccc2)c1C.[Br-]. The van der Waals surface area contributed by atoms with E-state index >= 15 is 0 Å². The number of hydrogen-bond acceptors (Lipinski definition) is 1. The molecule has 1 heterocycles. The van der Waals surface area contributed by atoms with Gasteiger partial charge in [0.15, 0.2) is 0 Å². The molecule has 148 valence electrons. The summed E-state index contributed by atoms with van der Waals surface area (Å²) in [5, 5.41) is 4.19. The Morgan fingerprint density at radius 2 is 1.10 bits per heavy atom. The summed E-state index contributed by atoms with van der Waals surface area (Å²) in [6.45, 7) is 8.73. The van der Waals surface area contributed by atoms with Crippen LogP contribution in [0.15, 0.2) is 89.3 Å².